The molecule has 5 atom stereocenters. The lowest BCUT2D eigenvalue weighted by atomic mass is 10.1. The summed E-state index contributed by atoms with van der Waals surface area (Å²) in [4.78, 5) is 76.8. The SMILES string of the molecule is CC(C)C(=O)COC(CO)CO.CC(C)C(=O)COCC1CC1.CC(C)C(=O)COCCO.CC(C)C(=O)COC[C@@H](C)CO.CC(C)C(=O)COC[C@@H](O)CO.CC(C)C(=O)COC[C@H](C)CO.CC(C)C(=O)COC[C@H](O)CO.CC(C)NS(=O)(=O)C1(CC(O)CO)CC1.CC(C)NS(=O)(=O)C1CC1. The van der Waals surface area contributed by atoms with E-state index in [9.17, 15) is 55.5 Å². The summed E-state index contributed by atoms with van der Waals surface area (Å²) in [5.41, 5.74) is 0. The molecule has 33 heteroatoms. The van der Waals surface area contributed by atoms with Crippen LogP contribution >= 0.6 is 0 Å². The van der Waals surface area contributed by atoms with E-state index in [0.717, 1.165) is 25.4 Å². The summed E-state index contributed by atoms with van der Waals surface area (Å²) in [6.45, 7) is 37.8. The Bertz CT molecular complexity index is 2320. The van der Waals surface area contributed by atoms with Crippen LogP contribution in [0.2, 0.25) is 0 Å². The van der Waals surface area contributed by atoms with Gasteiger partial charge in [0.2, 0.25) is 20.0 Å². The minimum absolute atomic E-state index is 0.000129. The van der Waals surface area contributed by atoms with E-state index in [-0.39, 0.29) is 230 Å². The van der Waals surface area contributed by atoms with Crippen molar-refractivity contribution in [2.75, 3.05) is 139 Å². The van der Waals surface area contributed by atoms with Crippen molar-refractivity contribution in [3.05, 3.63) is 0 Å². The van der Waals surface area contributed by atoms with Crippen LogP contribution in [0.15, 0.2) is 0 Å². The van der Waals surface area contributed by atoms with Crippen LogP contribution in [0, 0.1) is 59.2 Å². The van der Waals surface area contributed by atoms with Gasteiger partial charge in [-0.05, 0) is 78.6 Å². The molecule has 3 aliphatic rings. The van der Waals surface area contributed by atoms with E-state index in [2.05, 4.69) is 9.44 Å². The van der Waals surface area contributed by atoms with E-state index in [1.807, 2.05) is 83.1 Å². The summed E-state index contributed by atoms with van der Waals surface area (Å²) in [5, 5.41) is 95.1. The fourth-order valence-corrected chi connectivity index (χ4v) is 9.88. The Kier molecular flexibility index (Phi) is 72.4. The van der Waals surface area contributed by atoms with E-state index in [4.69, 9.17) is 84.2 Å². The molecule has 0 heterocycles. The molecule has 3 rings (SSSR count). The highest BCUT2D eigenvalue weighted by molar-refractivity contribution is 7.91. The van der Waals surface area contributed by atoms with Crippen LogP contribution in [0.4, 0.5) is 0 Å². The molecule has 0 radical (unpaired) electrons. The zero-order valence-electron chi connectivity index (χ0n) is 67.7. The molecular formula is C73H146N2O29S2. The fourth-order valence-electron chi connectivity index (χ4n) is 6.36. The molecule has 106 heavy (non-hydrogen) atoms. The van der Waals surface area contributed by atoms with Gasteiger partial charge in [-0.25, -0.2) is 26.3 Å². The van der Waals surface area contributed by atoms with Crippen molar-refractivity contribution in [2.24, 2.45) is 59.2 Å². The lowest BCUT2D eigenvalue weighted by molar-refractivity contribution is -0.130. The molecular weight excluding hydrogens is 1430 g/mol. The van der Waals surface area contributed by atoms with E-state index in [1.54, 1.807) is 55.4 Å². The maximum absolute atomic E-state index is 11.9. The molecule has 3 fully saturated rings. The number of ether oxygens (including phenoxy) is 7. The zero-order chi connectivity index (χ0) is 83.5. The summed E-state index contributed by atoms with van der Waals surface area (Å²) in [6.07, 6.45) is 2.14. The number of rotatable bonds is 49. The smallest absolute Gasteiger partial charge is 0.217 e. The minimum Gasteiger partial charge on any atom is -0.396 e. The number of hydrogen-bond acceptors (Lipinski definition) is 29. The van der Waals surface area contributed by atoms with Crippen LogP contribution in [-0.4, -0.2) is 299 Å². The van der Waals surface area contributed by atoms with Gasteiger partial charge < -0.3 is 89.3 Å². The molecule has 3 saturated carbocycles. The Morgan fingerprint density at radius 3 is 0.934 bits per heavy atom. The second-order valence-electron chi connectivity index (χ2n) is 29.2. The molecule has 0 aliphatic heterocycles. The van der Waals surface area contributed by atoms with E-state index < -0.39 is 49.2 Å². The second-order valence-corrected chi connectivity index (χ2v) is 33.3. The molecule has 31 nitrogen and oxygen atoms in total. The Morgan fingerprint density at radius 1 is 0.377 bits per heavy atom. The van der Waals surface area contributed by atoms with Gasteiger partial charge >= 0.3 is 0 Å². The van der Waals surface area contributed by atoms with Gasteiger partial charge in [0.1, 0.15) is 64.6 Å². The highest BCUT2D eigenvalue weighted by Gasteiger charge is 2.55. The van der Waals surface area contributed by atoms with Crippen LogP contribution in [0.5, 0.6) is 0 Å². The van der Waals surface area contributed by atoms with E-state index in [1.165, 1.54) is 12.8 Å². The first-order chi connectivity index (χ1) is 49.1. The van der Waals surface area contributed by atoms with Crippen LogP contribution in [-0.2, 0) is 86.8 Å². The van der Waals surface area contributed by atoms with Crippen LogP contribution < -0.4 is 9.44 Å². The highest BCUT2D eigenvalue weighted by atomic mass is 32.2. The summed E-state index contributed by atoms with van der Waals surface area (Å²) in [6, 6.07) is -0.107. The normalized spacial score (nSPS) is 15.1. The fraction of sp³-hybridized carbons (Fsp3) is 0.904. The van der Waals surface area contributed by atoms with Crippen LogP contribution in [0.25, 0.3) is 0 Å². The van der Waals surface area contributed by atoms with Crippen molar-refractivity contribution in [1.82, 2.24) is 9.44 Å². The van der Waals surface area contributed by atoms with Crippen molar-refractivity contribution >= 4 is 60.5 Å². The lowest BCUT2D eigenvalue weighted by Gasteiger charge is -2.20. The van der Waals surface area contributed by atoms with Crippen molar-refractivity contribution in [3.63, 3.8) is 0 Å². The second kappa shape index (κ2) is 67.5. The Balaban J connectivity index is -0.000000266. The number of carbonyl (C=O) groups is 7. The Morgan fingerprint density at radius 2 is 0.679 bits per heavy atom. The molecule has 634 valence electrons. The number of sulfonamides is 2. The van der Waals surface area contributed by atoms with Gasteiger partial charge in [-0.1, -0.05) is 111 Å². The van der Waals surface area contributed by atoms with Gasteiger partial charge in [-0.3, -0.25) is 33.6 Å². The summed E-state index contributed by atoms with van der Waals surface area (Å²) < 4.78 is 85.0. The predicted molar refractivity (Wildman–Crippen MR) is 403 cm³/mol. The maximum atomic E-state index is 11.9. The quantitative estimate of drug-likeness (QED) is 0.0389. The van der Waals surface area contributed by atoms with Gasteiger partial charge in [-0.15, -0.1) is 0 Å². The molecule has 0 spiro atoms. The molecule has 1 unspecified atom stereocenters. The first kappa shape index (κ1) is 114. The van der Waals surface area contributed by atoms with E-state index in [0.29, 0.717) is 32.7 Å². The number of hydrogen-bond donors (Lipinski definition) is 13. The van der Waals surface area contributed by atoms with Crippen molar-refractivity contribution < 1.29 is 140 Å². The van der Waals surface area contributed by atoms with Crippen molar-refractivity contribution in [1.29, 1.82) is 0 Å². The average Bonchev–Trinajstić information content (AvgIpc) is 1.60. The number of Topliss-reactive ketones (excluding diaryl/α,β-unsaturated/α-hetero) is 7. The predicted octanol–water partition coefficient (Wildman–Crippen LogP) is 2.38. The van der Waals surface area contributed by atoms with Gasteiger partial charge in [0.15, 0.2) is 40.5 Å². The third kappa shape index (κ3) is 69.9. The highest BCUT2D eigenvalue weighted by Crippen LogP contribution is 2.47. The molecule has 3 aliphatic carbocycles. The molecule has 0 aromatic rings. The van der Waals surface area contributed by atoms with Crippen molar-refractivity contribution in [3.8, 4) is 0 Å². The van der Waals surface area contributed by atoms with Crippen LogP contribution in [0.1, 0.15) is 183 Å². The monoisotopic (exact) mass is 1580 g/mol. The standard InChI is InChI=1S/C9H19NO4S.2C9H18O3.C9H16O2.3C8H16O4.C7H14O3.C6H13NO2S/c1-7(2)10-15(13,14)9(3-4-9)5-8(12)6-11;2*1-7(2)9(11)6-12-5-8(3)4-10;1-7(2)9(10)6-11-5-8-3-4-8;2*1-6(2)8(11)5-12-4-7(10)3-9;1-6(2)8(11)5-12-7(3-9)4-10;1-6(2)7(9)5-10-4-3-8;1-5(2)7-10(8,9)6-3-4-6/h7-8,10-12H,3-6H2,1-2H3;2*7-8,10H,4-6H2,1-3H3;7-8H,3-6H2,1-2H3;3*6-7,9-10H,3-5H2,1-2H3;6,8H,3-5H2,1-2H3;5-7H,3-4H2,1-2H3/t;2*8-;;2*7-;;;/m.10.10.../s1. The van der Waals surface area contributed by atoms with Gasteiger partial charge in [-0.2, -0.15) is 0 Å². The molecule has 0 bridgehead atoms. The maximum Gasteiger partial charge on any atom is 0.217 e. The summed E-state index contributed by atoms with van der Waals surface area (Å²) in [7, 11) is -6.31. The van der Waals surface area contributed by atoms with Gasteiger partial charge in [0.05, 0.1) is 88.8 Å². The molecule has 13 N–H and O–H groups in total. The molecule has 0 amide bonds. The third-order valence-corrected chi connectivity index (χ3v) is 19.2. The first-order valence-corrected chi connectivity index (χ1v) is 39.9. The Hall–Kier alpha value is -3.21. The zero-order valence-corrected chi connectivity index (χ0v) is 69.3. The first-order valence-electron chi connectivity index (χ1n) is 36.9. The largest absolute Gasteiger partial charge is 0.396 e. The van der Waals surface area contributed by atoms with Gasteiger partial charge in [0, 0.05) is 85.2 Å². The number of ketones is 7. The topological polar surface area (TPSA) is 499 Å². The number of aliphatic hydroxyl groups excluding tert-OH is 11. The van der Waals surface area contributed by atoms with Crippen molar-refractivity contribution in [2.45, 2.75) is 230 Å². The van der Waals surface area contributed by atoms with Crippen LogP contribution in [0.3, 0.4) is 0 Å². The molecule has 0 aromatic carbocycles. The summed E-state index contributed by atoms with van der Waals surface area (Å²) >= 11 is 0. The van der Waals surface area contributed by atoms with E-state index >= 15 is 0 Å². The number of nitrogens with one attached hydrogen (secondary N) is 2. The summed E-state index contributed by atoms with van der Waals surface area (Å²) in [5.74, 6) is 1.54. The van der Waals surface area contributed by atoms with Gasteiger partial charge in [0.25, 0.3) is 0 Å². The molecule has 0 saturated heterocycles. The third-order valence-electron chi connectivity index (χ3n) is 14.5. The number of carbonyl (C=O) groups excluding carboxylic acids is 7. The Labute approximate surface area is 634 Å². The average molecular weight is 1580 g/mol. The molecule has 0 aromatic heterocycles. The minimum atomic E-state index is -3.37. The lowest BCUT2D eigenvalue weighted by Crippen LogP contribution is -2.42. The number of aliphatic hydroxyl groups is 11.